The van der Waals surface area contributed by atoms with Gasteiger partial charge in [0.1, 0.15) is 10.8 Å². The Labute approximate surface area is 151 Å². The lowest BCUT2D eigenvalue weighted by Gasteiger charge is -2.33. The number of aryl methyl sites for hydroxylation is 1. The highest BCUT2D eigenvalue weighted by atomic mass is 32.1. The summed E-state index contributed by atoms with van der Waals surface area (Å²) in [4.78, 5) is 25.7. The van der Waals surface area contributed by atoms with Gasteiger partial charge in [0.15, 0.2) is 0 Å². The van der Waals surface area contributed by atoms with Crippen LogP contribution in [0, 0.1) is 18.3 Å². The van der Waals surface area contributed by atoms with Gasteiger partial charge < -0.3 is 15.5 Å². The molecule has 0 spiro atoms. The van der Waals surface area contributed by atoms with E-state index in [0.29, 0.717) is 27.8 Å². The van der Waals surface area contributed by atoms with Gasteiger partial charge in [-0.2, -0.15) is 0 Å². The predicted molar refractivity (Wildman–Crippen MR) is 99.2 cm³/mol. The fourth-order valence-electron chi connectivity index (χ4n) is 3.46. The Morgan fingerprint density at radius 2 is 2.08 bits per heavy atom. The molecule has 1 aliphatic rings. The van der Waals surface area contributed by atoms with Gasteiger partial charge in [-0.1, -0.05) is 20.8 Å². The molecule has 2 aromatic rings. The quantitative estimate of drug-likeness (QED) is 0.862. The number of nitrogens with two attached hydrogens (primary N) is 1. The Morgan fingerprint density at radius 1 is 1.36 bits per heavy atom. The number of nitrogens with one attached hydrogen (secondary N) is 1. The number of thiophene rings is 1. The number of carbonyl (C=O) groups excluding carboxylic acids is 2. The maximum atomic E-state index is 12.5. The molecule has 3 N–H and O–H groups in total. The Balaban J connectivity index is 1.93. The SMILES string of the molecule is Cc1occc1C(=O)Nc1sc2c(c1C(N)=O)CC[C@H](C(C)(C)C)C2. The van der Waals surface area contributed by atoms with Crippen LogP contribution < -0.4 is 11.1 Å². The van der Waals surface area contributed by atoms with Gasteiger partial charge in [0.25, 0.3) is 11.8 Å². The molecule has 0 radical (unpaired) electrons. The van der Waals surface area contributed by atoms with Crippen LogP contribution in [0.4, 0.5) is 5.00 Å². The molecule has 1 atom stereocenters. The van der Waals surface area contributed by atoms with Crippen molar-refractivity contribution in [2.75, 3.05) is 5.32 Å². The molecule has 0 saturated carbocycles. The summed E-state index contributed by atoms with van der Waals surface area (Å²) in [7, 11) is 0. The normalized spacial score (nSPS) is 17.2. The summed E-state index contributed by atoms with van der Waals surface area (Å²) in [6.45, 7) is 8.47. The molecule has 5 nitrogen and oxygen atoms in total. The Morgan fingerprint density at radius 3 is 2.64 bits per heavy atom. The molecule has 2 heterocycles. The van der Waals surface area contributed by atoms with E-state index >= 15 is 0 Å². The standard InChI is InChI=1S/C19H24N2O3S/c1-10-12(7-8-24-10)17(23)21-18-15(16(20)22)13-6-5-11(19(2,3)4)9-14(13)25-18/h7-8,11H,5-6,9H2,1-4H3,(H2,20,22)(H,21,23)/t11-/m0/s1. The van der Waals surface area contributed by atoms with E-state index in [0.717, 1.165) is 24.8 Å². The van der Waals surface area contributed by atoms with Crippen LogP contribution in [-0.2, 0) is 12.8 Å². The van der Waals surface area contributed by atoms with Gasteiger partial charge in [0.05, 0.1) is 17.4 Å². The highest BCUT2D eigenvalue weighted by Crippen LogP contribution is 2.44. The zero-order valence-corrected chi connectivity index (χ0v) is 15.9. The van der Waals surface area contributed by atoms with E-state index < -0.39 is 5.91 Å². The van der Waals surface area contributed by atoms with Crippen molar-refractivity contribution in [2.45, 2.75) is 47.0 Å². The first-order valence-corrected chi connectivity index (χ1v) is 9.30. The third-order valence-electron chi connectivity index (χ3n) is 5.07. The largest absolute Gasteiger partial charge is 0.469 e. The zero-order valence-electron chi connectivity index (χ0n) is 15.1. The molecule has 0 fully saturated rings. The van der Waals surface area contributed by atoms with Gasteiger partial charge >= 0.3 is 0 Å². The van der Waals surface area contributed by atoms with Gasteiger partial charge in [-0.3, -0.25) is 9.59 Å². The summed E-state index contributed by atoms with van der Waals surface area (Å²) in [6, 6.07) is 1.62. The Kier molecular flexibility index (Phi) is 4.49. The number of furan rings is 1. The van der Waals surface area contributed by atoms with Crippen LogP contribution in [0.25, 0.3) is 0 Å². The number of anilines is 1. The number of hydrogen-bond donors (Lipinski definition) is 2. The molecule has 134 valence electrons. The van der Waals surface area contributed by atoms with E-state index in [2.05, 4.69) is 26.1 Å². The average molecular weight is 360 g/mol. The van der Waals surface area contributed by atoms with Crippen molar-refractivity contribution in [3.05, 3.63) is 39.7 Å². The second-order valence-electron chi connectivity index (χ2n) is 7.72. The van der Waals surface area contributed by atoms with Gasteiger partial charge in [-0.15, -0.1) is 11.3 Å². The molecule has 6 heteroatoms. The first-order chi connectivity index (χ1) is 11.7. The molecule has 0 aliphatic heterocycles. The van der Waals surface area contributed by atoms with Gasteiger partial charge in [0, 0.05) is 4.88 Å². The maximum absolute atomic E-state index is 12.5. The highest BCUT2D eigenvalue weighted by Gasteiger charge is 2.33. The second kappa shape index (κ2) is 6.33. The van der Waals surface area contributed by atoms with Crippen LogP contribution in [0.3, 0.4) is 0 Å². The first-order valence-electron chi connectivity index (χ1n) is 8.48. The second-order valence-corrected chi connectivity index (χ2v) is 8.83. The molecule has 2 amide bonds. The highest BCUT2D eigenvalue weighted by molar-refractivity contribution is 7.17. The summed E-state index contributed by atoms with van der Waals surface area (Å²) < 4.78 is 5.18. The van der Waals surface area contributed by atoms with Crippen molar-refractivity contribution in [2.24, 2.45) is 17.1 Å². The third-order valence-corrected chi connectivity index (χ3v) is 6.24. The number of rotatable bonds is 3. The molecule has 1 aliphatic carbocycles. The van der Waals surface area contributed by atoms with Crippen LogP contribution in [0.2, 0.25) is 0 Å². The van der Waals surface area contributed by atoms with Gasteiger partial charge in [0.2, 0.25) is 0 Å². The lowest BCUT2D eigenvalue weighted by Crippen LogP contribution is -2.27. The number of primary amides is 1. The van der Waals surface area contributed by atoms with Crippen molar-refractivity contribution >= 4 is 28.2 Å². The minimum absolute atomic E-state index is 0.214. The van der Waals surface area contributed by atoms with Crippen molar-refractivity contribution in [1.29, 1.82) is 0 Å². The minimum Gasteiger partial charge on any atom is -0.469 e. The third kappa shape index (κ3) is 3.35. The molecule has 25 heavy (non-hydrogen) atoms. The van der Waals surface area contributed by atoms with Crippen molar-refractivity contribution in [3.8, 4) is 0 Å². The van der Waals surface area contributed by atoms with E-state index in [1.54, 1.807) is 13.0 Å². The number of hydrogen-bond acceptors (Lipinski definition) is 4. The van der Waals surface area contributed by atoms with E-state index in [9.17, 15) is 9.59 Å². The lowest BCUT2D eigenvalue weighted by molar-refractivity contribution is 0.1000. The lowest BCUT2D eigenvalue weighted by atomic mass is 9.72. The summed E-state index contributed by atoms with van der Waals surface area (Å²) >= 11 is 1.48. The average Bonchev–Trinajstić information content (AvgIpc) is 3.08. The fourth-order valence-corrected chi connectivity index (χ4v) is 4.79. The summed E-state index contributed by atoms with van der Waals surface area (Å²) in [5, 5.41) is 3.42. The van der Waals surface area contributed by atoms with E-state index in [1.807, 2.05) is 0 Å². The van der Waals surface area contributed by atoms with Crippen molar-refractivity contribution < 1.29 is 14.0 Å². The molecule has 0 saturated heterocycles. The summed E-state index contributed by atoms with van der Waals surface area (Å²) in [5.74, 6) is 0.344. The monoisotopic (exact) mass is 360 g/mol. The summed E-state index contributed by atoms with van der Waals surface area (Å²) in [5.41, 5.74) is 7.79. The number of carbonyl (C=O) groups is 2. The molecule has 2 aromatic heterocycles. The zero-order chi connectivity index (χ0) is 18.4. The molecule has 0 bridgehead atoms. The molecule has 0 unspecified atom stereocenters. The predicted octanol–water partition coefficient (Wildman–Crippen LogP) is 4.15. The number of fused-ring (bicyclic) bond motifs is 1. The van der Waals surface area contributed by atoms with Crippen molar-refractivity contribution in [1.82, 2.24) is 0 Å². The van der Waals surface area contributed by atoms with Crippen LogP contribution in [0.1, 0.15) is 64.1 Å². The van der Waals surface area contributed by atoms with E-state index in [4.69, 9.17) is 10.2 Å². The van der Waals surface area contributed by atoms with E-state index in [-0.39, 0.29) is 11.3 Å². The Bertz CT molecular complexity index is 826. The molecular weight excluding hydrogens is 336 g/mol. The smallest absolute Gasteiger partial charge is 0.259 e. The molecule has 3 rings (SSSR count). The summed E-state index contributed by atoms with van der Waals surface area (Å²) in [6.07, 6.45) is 4.26. The molecular formula is C19H24N2O3S. The topological polar surface area (TPSA) is 85.3 Å². The maximum Gasteiger partial charge on any atom is 0.259 e. The molecule has 0 aromatic carbocycles. The van der Waals surface area contributed by atoms with E-state index in [1.165, 1.54) is 22.5 Å². The minimum atomic E-state index is -0.481. The van der Waals surface area contributed by atoms with Gasteiger partial charge in [-0.25, -0.2) is 0 Å². The van der Waals surface area contributed by atoms with Crippen LogP contribution in [-0.4, -0.2) is 11.8 Å². The fraction of sp³-hybridized carbons (Fsp3) is 0.474. The Hall–Kier alpha value is -2.08. The van der Waals surface area contributed by atoms with Gasteiger partial charge in [-0.05, 0) is 49.1 Å². The first kappa shape index (κ1) is 17.7. The van der Waals surface area contributed by atoms with Crippen LogP contribution in [0.15, 0.2) is 16.7 Å². The van der Waals surface area contributed by atoms with Crippen LogP contribution >= 0.6 is 11.3 Å². The van der Waals surface area contributed by atoms with Crippen molar-refractivity contribution in [3.63, 3.8) is 0 Å². The number of amides is 2. The van der Waals surface area contributed by atoms with Crippen LogP contribution in [0.5, 0.6) is 0 Å².